The van der Waals surface area contributed by atoms with Gasteiger partial charge >= 0.3 is 0 Å². The molecule has 1 aliphatic heterocycles. The molecule has 4 nitrogen and oxygen atoms in total. The summed E-state index contributed by atoms with van der Waals surface area (Å²) >= 11 is 3.28. The Morgan fingerprint density at radius 3 is 2.56 bits per heavy atom. The molecule has 0 bridgehead atoms. The van der Waals surface area contributed by atoms with Crippen LogP contribution in [0, 0.1) is 6.92 Å². The van der Waals surface area contributed by atoms with Gasteiger partial charge in [-0.3, -0.25) is 4.79 Å². The van der Waals surface area contributed by atoms with Gasteiger partial charge in [-0.25, -0.2) is 12.7 Å². The number of anilines is 1. The minimum absolute atomic E-state index is 0.0582. The summed E-state index contributed by atoms with van der Waals surface area (Å²) in [6.45, 7) is 1.90. The SMILES string of the molecule is Cc1ccc(N2C(=O)CCS2(=O)=O)c(Br)c1. The number of halogens is 1. The molecule has 0 atom stereocenters. The lowest BCUT2D eigenvalue weighted by molar-refractivity contribution is -0.116. The number of hydrogen-bond donors (Lipinski definition) is 0. The van der Waals surface area contributed by atoms with Gasteiger partial charge in [0.15, 0.2) is 0 Å². The highest BCUT2D eigenvalue weighted by Gasteiger charge is 2.37. The Labute approximate surface area is 102 Å². The minimum atomic E-state index is -3.47. The third kappa shape index (κ3) is 1.87. The van der Waals surface area contributed by atoms with Crippen LogP contribution in [0.15, 0.2) is 22.7 Å². The van der Waals surface area contributed by atoms with E-state index in [1.165, 1.54) is 0 Å². The van der Waals surface area contributed by atoms with Crippen LogP contribution < -0.4 is 4.31 Å². The molecule has 0 unspecified atom stereocenters. The van der Waals surface area contributed by atoms with Crippen molar-refractivity contribution in [3.05, 3.63) is 28.2 Å². The van der Waals surface area contributed by atoms with Crippen molar-refractivity contribution in [3.63, 3.8) is 0 Å². The van der Waals surface area contributed by atoms with Gasteiger partial charge in [-0.05, 0) is 40.5 Å². The van der Waals surface area contributed by atoms with Crippen LogP contribution in [0.3, 0.4) is 0 Å². The monoisotopic (exact) mass is 303 g/mol. The number of amides is 1. The molecule has 86 valence electrons. The molecule has 0 aliphatic carbocycles. The first-order chi connectivity index (χ1) is 7.42. The lowest BCUT2D eigenvalue weighted by atomic mass is 10.2. The van der Waals surface area contributed by atoms with E-state index >= 15 is 0 Å². The summed E-state index contributed by atoms with van der Waals surface area (Å²) in [7, 11) is -3.47. The van der Waals surface area contributed by atoms with E-state index in [1.54, 1.807) is 18.2 Å². The standard InChI is InChI=1S/C10H10BrNO3S/c1-7-2-3-9(8(11)6-7)12-10(13)4-5-16(12,14)15/h2-3,6H,4-5H2,1H3. The lowest BCUT2D eigenvalue weighted by Gasteiger charge is -2.16. The first kappa shape index (κ1) is 11.6. The first-order valence-electron chi connectivity index (χ1n) is 4.74. The van der Waals surface area contributed by atoms with Gasteiger partial charge in [0, 0.05) is 10.9 Å². The van der Waals surface area contributed by atoms with Crippen LogP contribution in [0.25, 0.3) is 0 Å². The van der Waals surface area contributed by atoms with Crippen LogP contribution in [0.1, 0.15) is 12.0 Å². The molecule has 0 aromatic heterocycles. The molecule has 2 rings (SSSR count). The number of rotatable bonds is 1. The van der Waals surface area contributed by atoms with Crippen LogP contribution in [0.2, 0.25) is 0 Å². The van der Waals surface area contributed by atoms with Crippen molar-refractivity contribution in [2.24, 2.45) is 0 Å². The number of nitrogens with zero attached hydrogens (tertiary/aromatic N) is 1. The molecular formula is C10H10BrNO3S. The normalized spacial score (nSPS) is 19.1. The van der Waals surface area contributed by atoms with Crippen LogP contribution >= 0.6 is 15.9 Å². The number of aryl methyl sites for hydroxylation is 1. The van der Waals surface area contributed by atoms with Crippen molar-refractivity contribution in [2.75, 3.05) is 10.1 Å². The Kier molecular flexibility index (Phi) is 2.79. The van der Waals surface area contributed by atoms with Gasteiger partial charge in [-0.2, -0.15) is 0 Å². The van der Waals surface area contributed by atoms with Gasteiger partial charge in [0.1, 0.15) is 0 Å². The van der Waals surface area contributed by atoms with E-state index in [4.69, 9.17) is 0 Å². The number of carbonyl (C=O) groups excluding carboxylic acids is 1. The fourth-order valence-electron chi connectivity index (χ4n) is 1.63. The summed E-state index contributed by atoms with van der Waals surface area (Å²) in [4.78, 5) is 11.6. The smallest absolute Gasteiger partial charge is 0.242 e. The van der Waals surface area contributed by atoms with Gasteiger partial charge in [-0.15, -0.1) is 0 Å². The third-order valence-corrected chi connectivity index (χ3v) is 4.71. The van der Waals surface area contributed by atoms with Gasteiger partial charge in [-0.1, -0.05) is 6.07 Å². The number of carbonyl (C=O) groups is 1. The van der Waals surface area contributed by atoms with Crippen molar-refractivity contribution in [1.29, 1.82) is 0 Å². The van der Waals surface area contributed by atoms with Crippen molar-refractivity contribution >= 4 is 37.5 Å². The van der Waals surface area contributed by atoms with Crippen molar-refractivity contribution in [1.82, 2.24) is 0 Å². The quantitative estimate of drug-likeness (QED) is 0.795. The summed E-state index contributed by atoms with van der Waals surface area (Å²) in [6.07, 6.45) is 0.0582. The summed E-state index contributed by atoms with van der Waals surface area (Å²) in [5.41, 5.74) is 1.40. The fourth-order valence-corrected chi connectivity index (χ4v) is 3.89. The molecule has 6 heteroatoms. The second-order valence-corrected chi connectivity index (χ2v) is 6.47. The maximum Gasteiger partial charge on any atom is 0.242 e. The molecular weight excluding hydrogens is 294 g/mol. The number of benzene rings is 1. The van der Waals surface area contributed by atoms with E-state index in [0.717, 1.165) is 9.87 Å². The van der Waals surface area contributed by atoms with E-state index in [0.29, 0.717) is 10.2 Å². The van der Waals surface area contributed by atoms with Gasteiger partial charge in [0.05, 0.1) is 11.4 Å². The van der Waals surface area contributed by atoms with Crippen LogP contribution in [-0.2, 0) is 14.8 Å². The van der Waals surface area contributed by atoms with Crippen LogP contribution in [0.4, 0.5) is 5.69 Å². The molecule has 1 fully saturated rings. The fraction of sp³-hybridized carbons (Fsp3) is 0.300. The van der Waals surface area contributed by atoms with Gasteiger partial charge in [0.25, 0.3) is 0 Å². The molecule has 16 heavy (non-hydrogen) atoms. The Hall–Kier alpha value is -0.880. The molecule has 1 aromatic carbocycles. The molecule has 1 heterocycles. The number of sulfonamides is 1. The maximum atomic E-state index is 11.7. The largest absolute Gasteiger partial charge is 0.273 e. The Morgan fingerprint density at radius 1 is 1.38 bits per heavy atom. The van der Waals surface area contributed by atoms with Crippen LogP contribution in [0.5, 0.6) is 0 Å². The summed E-state index contributed by atoms with van der Waals surface area (Å²) in [5, 5.41) is 0. The molecule has 1 aromatic rings. The van der Waals surface area contributed by atoms with Crippen molar-refractivity contribution in [3.8, 4) is 0 Å². The molecule has 0 radical (unpaired) electrons. The summed E-state index contributed by atoms with van der Waals surface area (Å²) in [6, 6.07) is 5.21. The summed E-state index contributed by atoms with van der Waals surface area (Å²) < 4.78 is 24.9. The maximum absolute atomic E-state index is 11.7. The Morgan fingerprint density at radius 2 is 2.06 bits per heavy atom. The number of hydrogen-bond acceptors (Lipinski definition) is 3. The highest BCUT2D eigenvalue weighted by molar-refractivity contribution is 9.10. The Bertz CT molecular complexity index is 553. The molecule has 0 spiro atoms. The first-order valence-corrected chi connectivity index (χ1v) is 7.14. The second kappa shape index (κ2) is 3.85. The van der Waals surface area contributed by atoms with Gasteiger partial charge < -0.3 is 0 Å². The average molecular weight is 304 g/mol. The highest BCUT2D eigenvalue weighted by Crippen LogP contribution is 2.32. The molecule has 0 N–H and O–H groups in total. The average Bonchev–Trinajstić information content (AvgIpc) is 2.43. The topological polar surface area (TPSA) is 54.5 Å². The van der Waals surface area contributed by atoms with Crippen molar-refractivity contribution in [2.45, 2.75) is 13.3 Å². The second-order valence-electron chi connectivity index (χ2n) is 3.68. The van der Waals surface area contributed by atoms with Crippen LogP contribution in [-0.4, -0.2) is 20.1 Å². The third-order valence-electron chi connectivity index (χ3n) is 2.40. The minimum Gasteiger partial charge on any atom is -0.273 e. The Balaban J connectivity index is 2.56. The molecule has 0 saturated carbocycles. The van der Waals surface area contributed by atoms with E-state index in [2.05, 4.69) is 15.9 Å². The molecule has 1 amide bonds. The predicted octanol–water partition coefficient (Wildman–Crippen LogP) is 1.82. The van der Waals surface area contributed by atoms with E-state index in [1.807, 2.05) is 6.92 Å². The highest BCUT2D eigenvalue weighted by atomic mass is 79.9. The molecule has 1 aliphatic rings. The van der Waals surface area contributed by atoms with Gasteiger partial charge in [0.2, 0.25) is 15.9 Å². The zero-order chi connectivity index (χ0) is 11.9. The zero-order valence-corrected chi connectivity index (χ0v) is 11.0. The lowest BCUT2D eigenvalue weighted by Crippen LogP contribution is -2.29. The van der Waals surface area contributed by atoms with E-state index in [9.17, 15) is 13.2 Å². The molecule has 1 saturated heterocycles. The van der Waals surface area contributed by atoms with Crippen molar-refractivity contribution < 1.29 is 13.2 Å². The zero-order valence-electron chi connectivity index (χ0n) is 8.60. The summed E-state index contributed by atoms with van der Waals surface area (Å²) in [5.74, 6) is -0.476. The van der Waals surface area contributed by atoms with E-state index < -0.39 is 10.0 Å². The predicted molar refractivity (Wildman–Crippen MR) is 64.8 cm³/mol. The van der Waals surface area contributed by atoms with E-state index in [-0.39, 0.29) is 18.1 Å².